The molecule has 3 atom stereocenters. The van der Waals surface area contributed by atoms with Crippen LogP contribution < -0.4 is 29.6 Å². The van der Waals surface area contributed by atoms with Gasteiger partial charge in [-0.3, -0.25) is 4.18 Å². The first-order chi connectivity index (χ1) is 14.4. The van der Waals surface area contributed by atoms with Gasteiger partial charge >= 0.3 is 29.6 Å². The third kappa shape index (κ3) is 14.0. The quantitative estimate of drug-likeness (QED) is 0.197. The molecule has 0 aliphatic heterocycles. The van der Waals surface area contributed by atoms with Crippen molar-refractivity contribution in [2.45, 2.75) is 121 Å². The molecule has 0 aromatic heterocycles. The van der Waals surface area contributed by atoms with Gasteiger partial charge in [0.1, 0.15) is 6.10 Å². The zero-order valence-corrected chi connectivity index (χ0v) is 22.7. The normalized spacial score (nSPS) is 14.6. The summed E-state index contributed by atoms with van der Waals surface area (Å²) in [6.45, 7) is 4.05. The van der Waals surface area contributed by atoms with E-state index in [1.165, 1.54) is 57.1 Å². The Morgan fingerprint density at radius 3 is 1.90 bits per heavy atom. The largest absolute Gasteiger partial charge is 1.00 e. The van der Waals surface area contributed by atoms with Gasteiger partial charge in [0.2, 0.25) is 0 Å². The van der Waals surface area contributed by atoms with E-state index in [4.69, 9.17) is 4.18 Å². The Labute approximate surface area is 213 Å². The second-order valence-electron chi connectivity index (χ2n) is 8.24. The summed E-state index contributed by atoms with van der Waals surface area (Å²) in [4.78, 5) is 0.0622. The first-order valence-electron chi connectivity index (χ1n) is 11.7. The zero-order valence-electron chi connectivity index (χ0n) is 20.8. The zero-order chi connectivity index (χ0) is 22.2. The number of benzene rings is 1. The smallest absolute Gasteiger partial charge is 1.00 e. The van der Waals surface area contributed by atoms with Crippen molar-refractivity contribution in [3.63, 3.8) is 0 Å². The summed E-state index contributed by atoms with van der Waals surface area (Å²) in [5, 5.41) is 20.6. The van der Waals surface area contributed by atoms with Crippen molar-refractivity contribution in [2.75, 3.05) is 0 Å². The summed E-state index contributed by atoms with van der Waals surface area (Å²) in [6.07, 6.45) is 10.5. The van der Waals surface area contributed by atoms with Crippen LogP contribution >= 0.6 is 0 Å². The van der Waals surface area contributed by atoms with Gasteiger partial charge in [0.15, 0.2) is 0 Å². The van der Waals surface area contributed by atoms with Crippen LogP contribution in [0.3, 0.4) is 0 Å². The third-order valence-corrected chi connectivity index (χ3v) is 6.89. The molecular formula is C24H43NaO5S. The number of aliphatic hydroxyl groups excluding tert-OH is 2. The molecule has 0 saturated heterocycles. The van der Waals surface area contributed by atoms with E-state index in [9.17, 15) is 18.6 Å². The molecule has 0 bridgehead atoms. The van der Waals surface area contributed by atoms with E-state index < -0.39 is 28.4 Å². The van der Waals surface area contributed by atoms with Gasteiger partial charge in [-0.25, -0.2) is 0 Å². The van der Waals surface area contributed by atoms with Gasteiger partial charge in [-0.05, 0) is 25.0 Å². The van der Waals surface area contributed by atoms with E-state index in [1.807, 2.05) is 6.92 Å². The Bertz CT molecular complexity index is 645. The van der Waals surface area contributed by atoms with Gasteiger partial charge in [0, 0.05) is 6.42 Å². The van der Waals surface area contributed by atoms with Crippen LogP contribution in [0, 0.1) is 0 Å². The van der Waals surface area contributed by atoms with Gasteiger partial charge in [-0.1, -0.05) is 96.3 Å². The minimum Gasteiger partial charge on any atom is -1.00 e. The molecule has 31 heavy (non-hydrogen) atoms. The standard InChI is InChI=1S/C24H42O5S.Na.H/c1-3-5-6-7-8-9-10-11-12-16-19-23(26)24(20-21(25)4-2)29-30(27,28)22-17-14-13-15-18-22;;/h13-15,17-18,21,23-26H,3-12,16,19-20H2,1-2H3;;/q;+1;-1. The topological polar surface area (TPSA) is 83.8 Å². The molecule has 0 fully saturated rings. The first-order valence-corrected chi connectivity index (χ1v) is 13.2. The Balaban J connectivity index is 0. The molecule has 0 amide bonds. The van der Waals surface area contributed by atoms with Crippen LogP contribution in [-0.2, 0) is 14.3 Å². The molecule has 0 spiro atoms. The predicted molar refractivity (Wildman–Crippen MR) is 123 cm³/mol. The van der Waals surface area contributed by atoms with E-state index in [1.54, 1.807) is 18.2 Å². The number of hydrogen-bond donors (Lipinski definition) is 2. The van der Waals surface area contributed by atoms with Crippen LogP contribution in [0.5, 0.6) is 0 Å². The van der Waals surface area contributed by atoms with Crippen molar-refractivity contribution in [1.82, 2.24) is 0 Å². The summed E-state index contributed by atoms with van der Waals surface area (Å²) in [5.74, 6) is 0. The molecule has 0 heterocycles. The maximum Gasteiger partial charge on any atom is 1.00 e. The van der Waals surface area contributed by atoms with Crippen LogP contribution in [0.2, 0.25) is 0 Å². The number of hydrogen-bond acceptors (Lipinski definition) is 5. The number of aliphatic hydroxyl groups is 2. The summed E-state index contributed by atoms with van der Waals surface area (Å²) < 4.78 is 30.5. The monoisotopic (exact) mass is 466 g/mol. The summed E-state index contributed by atoms with van der Waals surface area (Å²) >= 11 is 0. The van der Waals surface area contributed by atoms with Gasteiger partial charge in [0.05, 0.1) is 17.1 Å². The molecular weight excluding hydrogens is 423 g/mol. The molecule has 7 heteroatoms. The average Bonchev–Trinajstić information content (AvgIpc) is 2.74. The Morgan fingerprint density at radius 2 is 1.39 bits per heavy atom. The van der Waals surface area contributed by atoms with Crippen LogP contribution in [0.4, 0.5) is 0 Å². The SMILES string of the molecule is CCCCCCCCCCCCC(O)C(CC(O)CC)OS(=O)(=O)c1ccccc1.[H-].[Na+]. The van der Waals surface area contributed by atoms with Crippen LogP contribution in [-0.4, -0.2) is 36.9 Å². The van der Waals surface area contributed by atoms with Gasteiger partial charge in [-0.2, -0.15) is 8.42 Å². The first kappa shape index (κ1) is 31.0. The van der Waals surface area contributed by atoms with E-state index in [0.29, 0.717) is 12.8 Å². The van der Waals surface area contributed by atoms with E-state index in [2.05, 4.69) is 6.92 Å². The average molecular weight is 467 g/mol. The van der Waals surface area contributed by atoms with Gasteiger partial charge in [-0.15, -0.1) is 0 Å². The molecule has 176 valence electrons. The van der Waals surface area contributed by atoms with E-state index >= 15 is 0 Å². The van der Waals surface area contributed by atoms with Crippen molar-refractivity contribution in [3.8, 4) is 0 Å². The fraction of sp³-hybridized carbons (Fsp3) is 0.750. The van der Waals surface area contributed by atoms with E-state index in [0.717, 1.165) is 19.3 Å². The molecule has 2 N–H and O–H groups in total. The van der Waals surface area contributed by atoms with Crippen LogP contribution in [0.25, 0.3) is 0 Å². The molecule has 0 radical (unpaired) electrons. The number of unbranched alkanes of at least 4 members (excludes halogenated alkanes) is 9. The Hall–Kier alpha value is 0.0500. The van der Waals surface area contributed by atoms with Crippen LogP contribution in [0.15, 0.2) is 35.2 Å². The molecule has 3 unspecified atom stereocenters. The molecule has 0 aliphatic carbocycles. The maximum atomic E-state index is 12.5. The molecule has 1 aromatic carbocycles. The molecule has 0 saturated carbocycles. The van der Waals surface area contributed by atoms with Crippen molar-refractivity contribution in [1.29, 1.82) is 0 Å². The third-order valence-electron chi connectivity index (χ3n) is 5.54. The minimum absolute atomic E-state index is 0. The second kappa shape index (κ2) is 18.5. The Kier molecular flexibility index (Phi) is 18.5. The van der Waals surface area contributed by atoms with Crippen molar-refractivity contribution in [3.05, 3.63) is 30.3 Å². The van der Waals surface area contributed by atoms with Crippen LogP contribution in [0.1, 0.15) is 98.7 Å². The van der Waals surface area contributed by atoms with Crippen molar-refractivity contribution >= 4 is 10.1 Å². The van der Waals surface area contributed by atoms with Gasteiger partial charge < -0.3 is 11.6 Å². The number of rotatable bonds is 18. The molecule has 5 nitrogen and oxygen atoms in total. The summed E-state index contributed by atoms with van der Waals surface area (Å²) in [6, 6.07) is 7.94. The van der Waals surface area contributed by atoms with Gasteiger partial charge in [0.25, 0.3) is 10.1 Å². The fourth-order valence-corrected chi connectivity index (χ4v) is 4.66. The molecule has 0 aliphatic rings. The van der Waals surface area contributed by atoms with Crippen molar-refractivity contribution < 1.29 is 53.8 Å². The molecule has 1 rings (SSSR count). The van der Waals surface area contributed by atoms with E-state index in [-0.39, 0.29) is 42.3 Å². The minimum atomic E-state index is -3.98. The Morgan fingerprint density at radius 1 is 0.871 bits per heavy atom. The summed E-state index contributed by atoms with van der Waals surface area (Å²) in [5.41, 5.74) is 0. The molecule has 1 aromatic rings. The second-order valence-corrected chi connectivity index (χ2v) is 9.81. The predicted octanol–water partition coefficient (Wildman–Crippen LogP) is 2.71. The fourth-order valence-electron chi connectivity index (χ4n) is 3.53. The van der Waals surface area contributed by atoms with Crippen molar-refractivity contribution in [2.24, 2.45) is 0 Å². The summed E-state index contributed by atoms with van der Waals surface area (Å²) in [7, 11) is -3.98. The maximum absolute atomic E-state index is 12.5.